The van der Waals surface area contributed by atoms with Crippen molar-refractivity contribution < 1.29 is 4.74 Å². The molecular weight excluding hydrogens is 202 g/mol. The van der Waals surface area contributed by atoms with Crippen LogP contribution in [0, 0.1) is 0 Å². The first-order chi connectivity index (χ1) is 7.76. The summed E-state index contributed by atoms with van der Waals surface area (Å²) in [5.74, 6) is 0.835. The van der Waals surface area contributed by atoms with Crippen LogP contribution in [-0.2, 0) is 6.54 Å². The van der Waals surface area contributed by atoms with Gasteiger partial charge in [-0.2, -0.15) is 5.10 Å². The molecule has 0 spiro atoms. The lowest BCUT2D eigenvalue weighted by Gasteiger charge is -2.12. The van der Waals surface area contributed by atoms with Crippen LogP contribution in [0.2, 0.25) is 0 Å². The highest BCUT2D eigenvalue weighted by Crippen LogP contribution is 2.10. The van der Waals surface area contributed by atoms with Gasteiger partial charge in [0.15, 0.2) is 5.75 Å². The third-order valence-corrected chi connectivity index (χ3v) is 2.12. The number of hydrogen-bond acceptors (Lipinski definition) is 3. The maximum absolute atomic E-state index is 5.71. The van der Waals surface area contributed by atoms with E-state index in [0.29, 0.717) is 0 Å². The Hall–Kier alpha value is -1.29. The van der Waals surface area contributed by atoms with Crippen molar-refractivity contribution in [1.29, 1.82) is 0 Å². The van der Waals surface area contributed by atoms with Crippen molar-refractivity contribution in [3.63, 3.8) is 0 Å². The van der Waals surface area contributed by atoms with Gasteiger partial charge in [-0.25, -0.2) is 0 Å². The van der Waals surface area contributed by atoms with E-state index in [4.69, 9.17) is 4.74 Å². The first kappa shape index (κ1) is 12.8. The first-order valence-electron chi connectivity index (χ1n) is 5.77. The molecule has 4 nitrogen and oxygen atoms in total. The standard InChI is InChI=1S/C12H21N3O/c1-4-6-13-8-11(3)16-12-9-14-15(10-12)7-5-2/h4,9-11,13H,1,5-8H2,2-3H3. The van der Waals surface area contributed by atoms with Gasteiger partial charge in [-0.15, -0.1) is 6.58 Å². The Labute approximate surface area is 97.3 Å². The Kier molecular flexibility index (Phi) is 5.64. The van der Waals surface area contributed by atoms with E-state index in [1.807, 2.05) is 23.9 Å². The van der Waals surface area contributed by atoms with Crippen molar-refractivity contribution in [3.05, 3.63) is 25.0 Å². The largest absolute Gasteiger partial charge is 0.486 e. The summed E-state index contributed by atoms with van der Waals surface area (Å²) in [4.78, 5) is 0. The SMILES string of the molecule is C=CCNCC(C)Oc1cnn(CCC)c1. The van der Waals surface area contributed by atoms with Crippen molar-refractivity contribution in [2.45, 2.75) is 32.9 Å². The third kappa shape index (κ3) is 4.49. The molecule has 0 aliphatic heterocycles. The zero-order valence-electron chi connectivity index (χ0n) is 10.1. The lowest BCUT2D eigenvalue weighted by Crippen LogP contribution is -2.28. The number of aromatic nitrogens is 2. The van der Waals surface area contributed by atoms with Crippen LogP contribution in [0.1, 0.15) is 20.3 Å². The minimum Gasteiger partial charge on any atom is -0.486 e. The normalized spacial score (nSPS) is 12.4. The number of nitrogens with zero attached hydrogens (tertiary/aromatic N) is 2. The molecule has 0 aliphatic rings. The Balaban J connectivity index is 2.31. The molecule has 0 aliphatic carbocycles. The second-order valence-corrected chi connectivity index (χ2v) is 3.81. The van der Waals surface area contributed by atoms with E-state index in [2.05, 4.69) is 23.9 Å². The van der Waals surface area contributed by atoms with E-state index in [1.54, 1.807) is 6.20 Å². The highest BCUT2D eigenvalue weighted by atomic mass is 16.5. The monoisotopic (exact) mass is 223 g/mol. The smallest absolute Gasteiger partial charge is 0.157 e. The Bertz CT molecular complexity index is 309. The number of rotatable bonds is 8. The molecule has 0 aromatic carbocycles. The summed E-state index contributed by atoms with van der Waals surface area (Å²) in [6, 6.07) is 0. The molecule has 0 amide bonds. The predicted octanol–water partition coefficient (Wildman–Crippen LogP) is 1.84. The fraction of sp³-hybridized carbons (Fsp3) is 0.583. The second kappa shape index (κ2) is 7.06. The average molecular weight is 223 g/mol. The van der Waals surface area contributed by atoms with Crippen molar-refractivity contribution >= 4 is 0 Å². The van der Waals surface area contributed by atoms with Gasteiger partial charge in [0.25, 0.3) is 0 Å². The average Bonchev–Trinajstić information content (AvgIpc) is 2.66. The molecule has 0 radical (unpaired) electrons. The van der Waals surface area contributed by atoms with Gasteiger partial charge in [-0.3, -0.25) is 4.68 Å². The number of nitrogens with one attached hydrogen (secondary N) is 1. The van der Waals surface area contributed by atoms with Crippen LogP contribution in [0.25, 0.3) is 0 Å². The predicted molar refractivity (Wildman–Crippen MR) is 65.7 cm³/mol. The first-order valence-corrected chi connectivity index (χ1v) is 5.77. The highest BCUT2D eigenvalue weighted by molar-refractivity contribution is 5.12. The molecule has 1 rings (SSSR count). The van der Waals surface area contributed by atoms with Gasteiger partial charge in [0.2, 0.25) is 0 Å². The maximum atomic E-state index is 5.71. The van der Waals surface area contributed by atoms with Gasteiger partial charge < -0.3 is 10.1 Å². The van der Waals surface area contributed by atoms with Crippen LogP contribution >= 0.6 is 0 Å². The fourth-order valence-electron chi connectivity index (χ4n) is 1.42. The molecule has 1 heterocycles. The zero-order valence-corrected chi connectivity index (χ0v) is 10.1. The van der Waals surface area contributed by atoms with Crippen molar-refractivity contribution in [2.75, 3.05) is 13.1 Å². The van der Waals surface area contributed by atoms with Crippen LogP contribution in [-0.4, -0.2) is 29.0 Å². The van der Waals surface area contributed by atoms with E-state index in [-0.39, 0.29) is 6.10 Å². The van der Waals surface area contributed by atoms with Crippen LogP contribution in [0.5, 0.6) is 5.75 Å². The highest BCUT2D eigenvalue weighted by Gasteiger charge is 2.05. The zero-order chi connectivity index (χ0) is 11.8. The Morgan fingerprint density at radius 1 is 1.69 bits per heavy atom. The van der Waals surface area contributed by atoms with Gasteiger partial charge in [0.05, 0.1) is 12.4 Å². The summed E-state index contributed by atoms with van der Waals surface area (Å²) in [6.45, 7) is 10.4. The number of aryl methyl sites for hydroxylation is 1. The topological polar surface area (TPSA) is 39.1 Å². The van der Waals surface area contributed by atoms with Gasteiger partial charge in [0, 0.05) is 19.6 Å². The van der Waals surface area contributed by atoms with E-state index in [0.717, 1.165) is 31.8 Å². The lowest BCUT2D eigenvalue weighted by molar-refractivity contribution is 0.219. The van der Waals surface area contributed by atoms with Gasteiger partial charge in [-0.1, -0.05) is 13.0 Å². The molecule has 0 bridgehead atoms. The van der Waals surface area contributed by atoms with Gasteiger partial charge >= 0.3 is 0 Å². The Morgan fingerprint density at radius 2 is 2.50 bits per heavy atom. The molecule has 0 saturated carbocycles. The molecule has 1 aromatic rings. The molecule has 1 N–H and O–H groups in total. The molecule has 0 fully saturated rings. The van der Waals surface area contributed by atoms with Crippen molar-refractivity contribution in [2.24, 2.45) is 0 Å². The minimum atomic E-state index is 0.138. The van der Waals surface area contributed by atoms with E-state index in [1.165, 1.54) is 0 Å². The molecular formula is C12H21N3O. The quantitative estimate of drug-likeness (QED) is 0.540. The fourth-order valence-corrected chi connectivity index (χ4v) is 1.42. The van der Waals surface area contributed by atoms with Crippen molar-refractivity contribution in [3.8, 4) is 5.75 Å². The third-order valence-electron chi connectivity index (χ3n) is 2.12. The number of hydrogen-bond donors (Lipinski definition) is 1. The van der Waals surface area contributed by atoms with E-state index < -0.39 is 0 Å². The lowest BCUT2D eigenvalue weighted by atomic mass is 10.4. The number of ether oxygens (including phenoxy) is 1. The molecule has 0 saturated heterocycles. The Morgan fingerprint density at radius 3 is 3.19 bits per heavy atom. The molecule has 4 heteroatoms. The molecule has 1 atom stereocenters. The van der Waals surface area contributed by atoms with Crippen LogP contribution in [0.3, 0.4) is 0 Å². The summed E-state index contributed by atoms with van der Waals surface area (Å²) < 4.78 is 7.61. The molecule has 1 unspecified atom stereocenters. The summed E-state index contributed by atoms with van der Waals surface area (Å²) in [5.41, 5.74) is 0. The summed E-state index contributed by atoms with van der Waals surface area (Å²) in [7, 11) is 0. The second-order valence-electron chi connectivity index (χ2n) is 3.81. The van der Waals surface area contributed by atoms with Crippen LogP contribution < -0.4 is 10.1 Å². The summed E-state index contributed by atoms with van der Waals surface area (Å²) >= 11 is 0. The molecule has 16 heavy (non-hydrogen) atoms. The van der Waals surface area contributed by atoms with Gasteiger partial charge in [-0.05, 0) is 13.3 Å². The van der Waals surface area contributed by atoms with Crippen molar-refractivity contribution in [1.82, 2.24) is 15.1 Å². The van der Waals surface area contributed by atoms with Gasteiger partial charge in [0.1, 0.15) is 6.10 Å². The summed E-state index contributed by atoms with van der Waals surface area (Å²) in [5, 5.41) is 7.43. The van der Waals surface area contributed by atoms with E-state index in [9.17, 15) is 0 Å². The van der Waals surface area contributed by atoms with Crippen LogP contribution in [0.4, 0.5) is 0 Å². The molecule has 1 aromatic heterocycles. The maximum Gasteiger partial charge on any atom is 0.157 e. The minimum absolute atomic E-state index is 0.138. The van der Waals surface area contributed by atoms with E-state index >= 15 is 0 Å². The summed E-state index contributed by atoms with van der Waals surface area (Å²) in [6.07, 6.45) is 6.76. The van der Waals surface area contributed by atoms with Crippen LogP contribution in [0.15, 0.2) is 25.0 Å². The molecule has 90 valence electrons.